The molecule has 0 bridgehead atoms. The number of carbonyl (C=O) groups is 2. The van der Waals surface area contributed by atoms with Gasteiger partial charge in [0, 0.05) is 29.2 Å². The molecule has 1 heterocycles. The molecule has 4 rings (SSSR count). The van der Waals surface area contributed by atoms with Crippen LogP contribution in [0.15, 0.2) is 72.8 Å². The zero-order valence-corrected chi connectivity index (χ0v) is 20.4. The summed E-state index contributed by atoms with van der Waals surface area (Å²) in [4.78, 5) is 25.4. The van der Waals surface area contributed by atoms with Crippen LogP contribution in [0.5, 0.6) is 5.75 Å². The number of phenols is 1. The van der Waals surface area contributed by atoms with Crippen molar-refractivity contribution >= 4 is 34.8 Å². The first-order valence-corrected chi connectivity index (χ1v) is 11.8. The van der Waals surface area contributed by atoms with Crippen molar-refractivity contribution in [1.82, 2.24) is 15.1 Å². The fourth-order valence-corrected chi connectivity index (χ4v) is 3.72. The molecule has 0 unspecified atom stereocenters. The number of carbonyl (C=O) groups excluding carboxylic acids is 2. The minimum Gasteiger partial charge on any atom is -0.508 e. The molecule has 0 aliphatic rings. The first kappa shape index (κ1) is 24.8. The SMILES string of the molecule is Cc1ccc(C(=O)c2nn(-c3ccc(Cl)cc3)c(NCCCNC(=O)c3ccc(O)cc3)c2N)cc1. The highest BCUT2D eigenvalue weighted by Crippen LogP contribution is 2.29. The van der Waals surface area contributed by atoms with Crippen molar-refractivity contribution in [2.24, 2.45) is 0 Å². The molecule has 5 N–H and O–H groups in total. The van der Waals surface area contributed by atoms with Gasteiger partial charge in [-0.05, 0) is 61.9 Å². The van der Waals surface area contributed by atoms with Crippen LogP contribution in [0.3, 0.4) is 0 Å². The molecule has 36 heavy (non-hydrogen) atoms. The van der Waals surface area contributed by atoms with Crippen molar-refractivity contribution < 1.29 is 14.7 Å². The van der Waals surface area contributed by atoms with Gasteiger partial charge in [0.25, 0.3) is 5.91 Å². The van der Waals surface area contributed by atoms with Gasteiger partial charge in [-0.25, -0.2) is 4.68 Å². The number of amides is 1. The predicted octanol–water partition coefficient (Wildman–Crippen LogP) is 4.58. The van der Waals surface area contributed by atoms with E-state index in [0.717, 1.165) is 5.56 Å². The third-order valence-electron chi connectivity index (χ3n) is 5.58. The summed E-state index contributed by atoms with van der Waals surface area (Å²) >= 11 is 6.04. The van der Waals surface area contributed by atoms with Gasteiger partial charge >= 0.3 is 0 Å². The van der Waals surface area contributed by atoms with E-state index in [1.54, 1.807) is 53.2 Å². The first-order chi connectivity index (χ1) is 17.3. The fourth-order valence-electron chi connectivity index (χ4n) is 3.59. The zero-order chi connectivity index (χ0) is 25.7. The van der Waals surface area contributed by atoms with Gasteiger partial charge in [0.05, 0.1) is 5.69 Å². The summed E-state index contributed by atoms with van der Waals surface area (Å²) in [6, 6.07) is 20.3. The van der Waals surface area contributed by atoms with Gasteiger partial charge in [-0.3, -0.25) is 9.59 Å². The molecule has 1 amide bonds. The zero-order valence-electron chi connectivity index (χ0n) is 19.7. The van der Waals surface area contributed by atoms with Crippen LogP contribution in [-0.4, -0.2) is 39.7 Å². The molecule has 184 valence electrons. The lowest BCUT2D eigenvalue weighted by Gasteiger charge is -2.11. The van der Waals surface area contributed by atoms with Gasteiger partial charge < -0.3 is 21.5 Å². The second-order valence-electron chi connectivity index (χ2n) is 8.28. The maximum atomic E-state index is 13.2. The number of nitrogens with one attached hydrogen (secondary N) is 2. The second kappa shape index (κ2) is 11.0. The smallest absolute Gasteiger partial charge is 0.251 e. The monoisotopic (exact) mass is 503 g/mol. The van der Waals surface area contributed by atoms with Gasteiger partial charge in [-0.15, -0.1) is 0 Å². The second-order valence-corrected chi connectivity index (χ2v) is 8.71. The summed E-state index contributed by atoms with van der Waals surface area (Å²) in [6.45, 7) is 2.83. The Balaban J connectivity index is 1.49. The normalized spacial score (nSPS) is 10.7. The molecule has 3 aromatic carbocycles. The first-order valence-electron chi connectivity index (χ1n) is 11.4. The number of ketones is 1. The van der Waals surface area contributed by atoms with Crippen molar-refractivity contribution in [1.29, 1.82) is 0 Å². The lowest BCUT2D eigenvalue weighted by molar-refractivity contribution is 0.0952. The molecular formula is C27H26ClN5O3. The molecule has 0 spiro atoms. The summed E-state index contributed by atoms with van der Waals surface area (Å²) in [5, 5.41) is 20.6. The molecule has 4 aromatic rings. The lowest BCUT2D eigenvalue weighted by Crippen LogP contribution is -2.26. The molecule has 9 heteroatoms. The van der Waals surface area contributed by atoms with Crippen molar-refractivity contribution in [3.8, 4) is 11.4 Å². The van der Waals surface area contributed by atoms with E-state index in [4.69, 9.17) is 17.3 Å². The molecular weight excluding hydrogens is 478 g/mol. The molecule has 1 aromatic heterocycles. The topological polar surface area (TPSA) is 122 Å². The summed E-state index contributed by atoms with van der Waals surface area (Å²) in [7, 11) is 0. The highest BCUT2D eigenvalue weighted by atomic mass is 35.5. The maximum Gasteiger partial charge on any atom is 0.251 e. The summed E-state index contributed by atoms with van der Waals surface area (Å²) in [5.41, 5.74) is 9.50. The molecule has 0 saturated carbocycles. The molecule has 0 fully saturated rings. The van der Waals surface area contributed by atoms with Gasteiger partial charge in [-0.2, -0.15) is 5.10 Å². The summed E-state index contributed by atoms with van der Waals surface area (Å²) in [6.07, 6.45) is 0.594. The number of benzene rings is 3. The average Bonchev–Trinajstić information content (AvgIpc) is 3.20. The maximum absolute atomic E-state index is 13.2. The van der Waals surface area contributed by atoms with Crippen LogP contribution in [0.4, 0.5) is 11.5 Å². The molecule has 0 atom stereocenters. The van der Waals surface area contributed by atoms with E-state index < -0.39 is 0 Å². The number of hydrogen-bond donors (Lipinski definition) is 4. The highest BCUT2D eigenvalue weighted by Gasteiger charge is 2.23. The van der Waals surface area contributed by atoms with Crippen LogP contribution >= 0.6 is 11.6 Å². The van der Waals surface area contributed by atoms with E-state index in [-0.39, 0.29) is 28.8 Å². The number of aromatic hydroxyl groups is 1. The Morgan fingerprint density at radius 1 is 0.944 bits per heavy atom. The van der Waals surface area contributed by atoms with Gasteiger partial charge in [-0.1, -0.05) is 41.4 Å². The Kier molecular flexibility index (Phi) is 7.56. The number of aryl methyl sites for hydroxylation is 1. The Labute approximate surface area is 213 Å². The number of nitrogens with two attached hydrogens (primary N) is 1. The minimum atomic E-state index is -0.274. The van der Waals surface area contributed by atoms with Crippen molar-refractivity contribution in [3.63, 3.8) is 0 Å². The third kappa shape index (κ3) is 5.67. The van der Waals surface area contributed by atoms with E-state index in [1.165, 1.54) is 12.1 Å². The molecule has 0 aliphatic carbocycles. The van der Waals surface area contributed by atoms with Crippen LogP contribution in [0, 0.1) is 6.92 Å². The van der Waals surface area contributed by atoms with E-state index in [9.17, 15) is 14.7 Å². The number of nitrogen functional groups attached to an aromatic ring is 1. The third-order valence-corrected chi connectivity index (χ3v) is 5.84. The Morgan fingerprint density at radius 2 is 1.58 bits per heavy atom. The standard InChI is InChI=1S/C27H26ClN5O3/c1-17-3-5-18(6-4-17)25(35)24-23(29)26(33(32-24)21-11-9-20(28)10-12-21)30-15-2-16-31-27(36)19-7-13-22(34)14-8-19/h3-14,30,34H,2,15-16,29H2,1H3,(H,31,36). The number of aromatic nitrogens is 2. The molecule has 0 saturated heterocycles. The summed E-state index contributed by atoms with van der Waals surface area (Å²) < 4.78 is 1.59. The lowest BCUT2D eigenvalue weighted by atomic mass is 10.1. The van der Waals surface area contributed by atoms with Crippen LogP contribution in [-0.2, 0) is 0 Å². The number of hydrogen-bond acceptors (Lipinski definition) is 6. The minimum absolute atomic E-state index is 0.103. The number of phenolic OH excluding ortho intramolecular Hbond substituents is 1. The Hall–Kier alpha value is -4.30. The molecule has 8 nitrogen and oxygen atoms in total. The number of rotatable bonds is 9. The van der Waals surface area contributed by atoms with Gasteiger partial charge in [0.15, 0.2) is 11.5 Å². The highest BCUT2D eigenvalue weighted by molar-refractivity contribution is 6.30. The summed E-state index contributed by atoms with van der Waals surface area (Å²) in [5.74, 6) is 0.0830. The largest absolute Gasteiger partial charge is 0.508 e. The van der Waals surface area contributed by atoms with Crippen LogP contribution in [0.25, 0.3) is 5.69 Å². The Morgan fingerprint density at radius 3 is 2.25 bits per heavy atom. The van der Waals surface area contributed by atoms with E-state index in [1.807, 2.05) is 19.1 Å². The fraction of sp³-hybridized carbons (Fsp3) is 0.148. The molecule has 0 radical (unpaired) electrons. The van der Waals surface area contributed by atoms with Crippen LogP contribution in [0.1, 0.15) is 38.4 Å². The van der Waals surface area contributed by atoms with E-state index in [0.29, 0.717) is 47.2 Å². The van der Waals surface area contributed by atoms with E-state index in [2.05, 4.69) is 15.7 Å². The Bertz CT molecular complexity index is 1360. The molecule has 0 aliphatic heterocycles. The predicted molar refractivity (Wildman–Crippen MR) is 141 cm³/mol. The number of nitrogens with zero attached hydrogens (tertiary/aromatic N) is 2. The average molecular weight is 504 g/mol. The van der Waals surface area contributed by atoms with E-state index >= 15 is 0 Å². The van der Waals surface area contributed by atoms with Gasteiger partial charge in [0.2, 0.25) is 5.78 Å². The number of halogens is 1. The van der Waals surface area contributed by atoms with Gasteiger partial charge in [0.1, 0.15) is 11.4 Å². The van der Waals surface area contributed by atoms with Crippen molar-refractivity contribution in [2.45, 2.75) is 13.3 Å². The van der Waals surface area contributed by atoms with Crippen LogP contribution in [0.2, 0.25) is 5.02 Å². The number of anilines is 2. The van der Waals surface area contributed by atoms with Crippen molar-refractivity contribution in [2.75, 3.05) is 24.1 Å². The van der Waals surface area contributed by atoms with Crippen LogP contribution < -0.4 is 16.4 Å². The van der Waals surface area contributed by atoms with Crippen molar-refractivity contribution in [3.05, 3.63) is 100 Å². The quantitative estimate of drug-likeness (QED) is 0.196.